The Kier molecular flexibility index (Phi) is 5.69. The van der Waals surface area contributed by atoms with Gasteiger partial charge in [0.05, 0.1) is 5.56 Å². The first-order valence-corrected chi connectivity index (χ1v) is 5.98. The minimum Gasteiger partial charge on any atom is -0.476 e. The minimum absolute atomic E-state index is 0.637. The molecule has 0 spiro atoms. The number of hydrogen-bond donors (Lipinski definition) is 1. The molecule has 0 aromatic carbocycles. The van der Waals surface area contributed by atoms with Crippen molar-refractivity contribution in [3.63, 3.8) is 0 Å². The van der Waals surface area contributed by atoms with Crippen LogP contribution in [0.25, 0.3) is 0 Å². The molecule has 0 aliphatic heterocycles. The quantitative estimate of drug-likeness (QED) is 0.781. The van der Waals surface area contributed by atoms with Crippen LogP contribution in [0.5, 0.6) is 5.88 Å². The van der Waals surface area contributed by atoms with Crippen LogP contribution in [-0.4, -0.2) is 48.7 Å². The molecule has 1 N–H and O–H groups in total. The van der Waals surface area contributed by atoms with Crippen molar-refractivity contribution in [1.82, 2.24) is 14.9 Å². The first-order valence-electron chi connectivity index (χ1n) is 5.98. The van der Waals surface area contributed by atoms with Crippen molar-refractivity contribution >= 4 is 5.82 Å². The van der Waals surface area contributed by atoms with E-state index in [0.717, 1.165) is 30.9 Å². The summed E-state index contributed by atoms with van der Waals surface area (Å²) in [5, 5.41) is 3.26. The molecule has 96 valence electrons. The number of aromatic nitrogens is 2. The molecule has 0 bridgehead atoms. The fourth-order valence-electron chi connectivity index (χ4n) is 1.33. The minimum atomic E-state index is 0.637. The summed E-state index contributed by atoms with van der Waals surface area (Å²) in [5.74, 6) is 1.53. The molecule has 5 heteroatoms. The van der Waals surface area contributed by atoms with Crippen molar-refractivity contribution in [2.45, 2.75) is 20.3 Å². The molecule has 0 fully saturated rings. The maximum Gasteiger partial charge on any atom is 0.221 e. The summed E-state index contributed by atoms with van der Waals surface area (Å²) < 4.78 is 5.64. The normalized spacial score (nSPS) is 10.6. The van der Waals surface area contributed by atoms with Gasteiger partial charge in [-0.05, 0) is 27.4 Å². The molecule has 0 aliphatic rings. The number of likely N-dealkylation sites (N-methyl/N-ethyl adjacent to an activating group) is 1. The molecule has 5 nitrogen and oxygen atoms in total. The Morgan fingerprint density at radius 2 is 2.12 bits per heavy atom. The van der Waals surface area contributed by atoms with E-state index in [1.54, 1.807) is 0 Å². The number of rotatable bonds is 7. The first kappa shape index (κ1) is 13.7. The highest BCUT2D eigenvalue weighted by atomic mass is 16.5. The summed E-state index contributed by atoms with van der Waals surface area (Å²) in [6.07, 6.45) is 2.61. The fraction of sp³-hybridized carbons (Fsp3) is 0.667. The predicted octanol–water partition coefficient (Wildman–Crippen LogP) is 1.55. The van der Waals surface area contributed by atoms with Crippen molar-refractivity contribution in [3.8, 4) is 5.88 Å². The van der Waals surface area contributed by atoms with Crippen LogP contribution in [0.2, 0.25) is 0 Å². The lowest BCUT2D eigenvalue weighted by atomic mass is 10.3. The van der Waals surface area contributed by atoms with Gasteiger partial charge in [-0.3, -0.25) is 0 Å². The molecule has 1 heterocycles. The summed E-state index contributed by atoms with van der Waals surface area (Å²) in [4.78, 5) is 10.4. The third kappa shape index (κ3) is 4.56. The van der Waals surface area contributed by atoms with E-state index >= 15 is 0 Å². The monoisotopic (exact) mass is 238 g/mol. The number of nitrogens with one attached hydrogen (secondary N) is 1. The lowest BCUT2D eigenvalue weighted by Gasteiger charge is -2.13. The van der Waals surface area contributed by atoms with E-state index in [1.165, 1.54) is 6.33 Å². The van der Waals surface area contributed by atoms with Crippen LogP contribution in [0.15, 0.2) is 6.33 Å². The Morgan fingerprint density at radius 3 is 2.76 bits per heavy atom. The Balaban J connectivity index is 2.59. The van der Waals surface area contributed by atoms with Crippen LogP contribution in [0.3, 0.4) is 0 Å². The molecule has 1 rings (SSSR count). The second-order valence-electron chi connectivity index (χ2n) is 4.23. The van der Waals surface area contributed by atoms with Gasteiger partial charge in [0, 0.05) is 13.1 Å². The maximum absolute atomic E-state index is 5.64. The summed E-state index contributed by atoms with van der Waals surface area (Å²) in [6.45, 7) is 6.52. The van der Waals surface area contributed by atoms with Gasteiger partial charge in [0.15, 0.2) is 0 Å². The largest absolute Gasteiger partial charge is 0.476 e. The molecule has 0 aliphatic carbocycles. The summed E-state index contributed by atoms with van der Waals surface area (Å²) in [5.41, 5.74) is 0.972. The van der Waals surface area contributed by atoms with Gasteiger partial charge >= 0.3 is 0 Å². The smallest absolute Gasteiger partial charge is 0.221 e. The summed E-state index contributed by atoms with van der Waals surface area (Å²) >= 11 is 0. The second-order valence-corrected chi connectivity index (χ2v) is 4.23. The average Bonchev–Trinajstić information content (AvgIpc) is 2.29. The molecular formula is C12H22N4O. The van der Waals surface area contributed by atoms with E-state index in [1.807, 2.05) is 21.0 Å². The molecule has 0 unspecified atom stereocenters. The lowest BCUT2D eigenvalue weighted by molar-refractivity contribution is 0.252. The summed E-state index contributed by atoms with van der Waals surface area (Å²) in [7, 11) is 4.04. The van der Waals surface area contributed by atoms with E-state index in [4.69, 9.17) is 4.74 Å². The highest BCUT2D eigenvalue weighted by Crippen LogP contribution is 2.19. The van der Waals surface area contributed by atoms with Gasteiger partial charge in [-0.25, -0.2) is 9.97 Å². The Morgan fingerprint density at radius 1 is 1.35 bits per heavy atom. The number of anilines is 1. The van der Waals surface area contributed by atoms with Gasteiger partial charge in [-0.1, -0.05) is 6.92 Å². The third-order valence-corrected chi connectivity index (χ3v) is 2.36. The van der Waals surface area contributed by atoms with Crippen LogP contribution >= 0.6 is 0 Å². The lowest BCUT2D eigenvalue weighted by Crippen LogP contribution is -2.20. The highest BCUT2D eigenvalue weighted by Gasteiger charge is 2.07. The second kappa shape index (κ2) is 7.06. The van der Waals surface area contributed by atoms with Crippen molar-refractivity contribution < 1.29 is 4.74 Å². The number of nitrogens with zero attached hydrogens (tertiary/aromatic N) is 3. The van der Waals surface area contributed by atoms with Crippen LogP contribution in [0, 0.1) is 6.92 Å². The maximum atomic E-state index is 5.64. The molecule has 0 radical (unpaired) electrons. The van der Waals surface area contributed by atoms with E-state index in [0.29, 0.717) is 12.5 Å². The Bertz CT molecular complexity index is 341. The third-order valence-electron chi connectivity index (χ3n) is 2.36. The molecule has 17 heavy (non-hydrogen) atoms. The molecule has 0 atom stereocenters. The SMILES string of the molecule is CCCNc1ncnc(OCCN(C)C)c1C. The number of ether oxygens (including phenoxy) is 1. The van der Waals surface area contributed by atoms with Crippen LogP contribution < -0.4 is 10.1 Å². The van der Waals surface area contributed by atoms with Crippen LogP contribution in [-0.2, 0) is 0 Å². The van der Waals surface area contributed by atoms with Gasteiger partial charge in [0.25, 0.3) is 0 Å². The highest BCUT2D eigenvalue weighted by molar-refractivity contribution is 5.47. The van der Waals surface area contributed by atoms with Crippen molar-refractivity contribution in [2.75, 3.05) is 39.1 Å². The van der Waals surface area contributed by atoms with Gasteiger partial charge in [0.2, 0.25) is 5.88 Å². The van der Waals surface area contributed by atoms with Crippen LogP contribution in [0.1, 0.15) is 18.9 Å². The van der Waals surface area contributed by atoms with E-state index in [-0.39, 0.29) is 0 Å². The zero-order valence-corrected chi connectivity index (χ0v) is 11.2. The van der Waals surface area contributed by atoms with Gasteiger partial charge in [0.1, 0.15) is 18.8 Å². The number of hydrogen-bond acceptors (Lipinski definition) is 5. The van der Waals surface area contributed by atoms with Gasteiger partial charge < -0.3 is 15.0 Å². The van der Waals surface area contributed by atoms with Crippen LogP contribution in [0.4, 0.5) is 5.82 Å². The zero-order valence-electron chi connectivity index (χ0n) is 11.2. The molecule has 0 saturated carbocycles. The molecular weight excluding hydrogens is 216 g/mol. The Hall–Kier alpha value is -1.36. The molecule has 0 saturated heterocycles. The van der Waals surface area contributed by atoms with E-state index in [9.17, 15) is 0 Å². The Labute approximate surface area is 103 Å². The molecule has 0 amide bonds. The van der Waals surface area contributed by atoms with Crippen molar-refractivity contribution in [2.24, 2.45) is 0 Å². The standard InChI is InChI=1S/C12H22N4O/c1-5-6-13-11-10(2)12(15-9-14-11)17-8-7-16(3)4/h9H,5-8H2,1-4H3,(H,13,14,15). The topological polar surface area (TPSA) is 50.3 Å². The van der Waals surface area contributed by atoms with Gasteiger partial charge in [-0.2, -0.15) is 0 Å². The predicted molar refractivity (Wildman–Crippen MR) is 69.6 cm³/mol. The van der Waals surface area contributed by atoms with Gasteiger partial charge in [-0.15, -0.1) is 0 Å². The van der Waals surface area contributed by atoms with Crippen molar-refractivity contribution in [1.29, 1.82) is 0 Å². The fourth-order valence-corrected chi connectivity index (χ4v) is 1.33. The van der Waals surface area contributed by atoms with E-state index in [2.05, 4.69) is 27.1 Å². The average molecular weight is 238 g/mol. The first-order chi connectivity index (χ1) is 8.15. The summed E-state index contributed by atoms with van der Waals surface area (Å²) in [6, 6.07) is 0. The molecule has 1 aromatic rings. The van der Waals surface area contributed by atoms with E-state index < -0.39 is 0 Å². The molecule has 1 aromatic heterocycles. The van der Waals surface area contributed by atoms with Crippen molar-refractivity contribution in [3.05, 3.63) is 11.9 Å². The zero-order chi connectivity index (χ0) is 12.7.